The van der Waals surface area contributed by atoms with Crippen LogP contribution in [-0.2, 0) is 0 Å². The second kappa shape index (κ2) is 6.47. The molecule has 0 saturated heterocycles. The lowest BCUT2D eigenvalue weighted by Crippen LogP contribution is -2.02. The summed E-state index contributed by atoms with van der Waals surface area (Å²) in [6.07, 6.45) is 4.10. The van der Waals surface area contributed by atoms with Gasteiger partial charge >= 0.3 is 0 Å². The highest BCUT2D eigenvalue weighted by Gasteiger charge is 2.12. The summed E-state index contributed by atoms with van der Waals surface area (Å²) in [5.74, 6) is 0. The van der Waals surface area contributed by atoms with Gasteiger partial charge in [0.05, 0.1) is 11.4 Å². The second-order valence-corrected chi connectivity index (χ2v) is 4.63. The van der Waals surface area contributed by atoms with Gasteiger partial charge in [-0.25, -0.2) is 0 Å². The van der Waals surface area contributed by atoms with Gasteiger partial charge in [-0.15, -0.1) is 0 Å². The van der Waals surface area contributed by atoms with Crippen molar-refractivity contribution < 1.29 is 0 Å². The smallest absolute Gasteiger partial charge is 0.0857 e. The van der Waals surface area contributed by atoms with Gasteiger partial charge in [0.2, 0.25) is 0 Å². The number of pyridine rings is 1. The molecule has 0 amide bonds. The first-order valence-electron chi connectivity index (χ1n) is 7.41. The van der Waals surface area contributed by atoms with Crippen molar-refractivity contribution in [2.75, 3.05) is 0 Å². The fraction of sp³-hybridized carbons (Fsp3) is 0.333. The van der Waals surface area contributed by atoms with Crippen molar-refractivity contribution in [3.8, 4) is 0 Å². The third-order valence-corrected chi connectivity index (χ3v) is 3.40. The van der Waals surface area contributed by atoms with Crippen molar-refractivity contribution >= 4 is 16.5 Å². The van der Waals surface area contributed by atoms with E-state index in [2.05, 4.69) is 60.2 Å². The number of hydrogen-bond acceptors (Lipinski definition) is 2. The lowest BCUT2D eigenvalue weighted by atomic mass is 10.1. The molecule has 0 aliphatic carbocycles. The Bertz CT molecular complexity index is 666. The highest BCUT2D eigenvalue weighted by atomic mass is 14.8. The molecule has 3 rings (SSSR count). The topological polar surface area (TPSA) is 25.2 Å². The molecular formula is C18H22N2. The van der Waals surface area contributed by atoms with Gasteiger partial charge in [0, 0.05) is 23.2 Å². The minimum atomic E-state index is 0.911. The number of fused-ring (bicyclic) bond motifs is 1. The van der Waals surface area contributed by atoms with Gasteiger partial charge in [-0.05, 0) is 24.8 Å². The Kier molecular flexibility index (Phi) is 4.67. The number of allylic oxidation sites excluding steroid dienone is 2. The zero-order valence-corrected chi connectivity index (χ0v) is 12.8. The highest BCUT2D eigenvalue weighted by molar-refractivity contribution is 6.04. The Hall–Kier alpha value is -1.96. The van der Waals surface area contributed by atoms with Crippen molar-refractivity contribution in [1.29, 1.82) is 0 Å². The Morgan fingerprint density at radius 3 is 2.60 bits per heavy atom. The molecule has 0 spiro atoms. The van der Waals surface area contributed by atoms with Crippen molar-refractivity contribution in [2.45, 2.75) is 40.5 Å². The first-order valence-corrected chi connectivity index (χ1v) is 7.41. The predicted octanol–water partition coefficient (Wildman–Crippen LogP) is 5.06. The fourth-order valence-electron chi connectivity index (χ4n) is 2.39. The van der Waals surface area contributed by atoms with Crippen LogP contribution in [0.2, 0.25) is 0 Å². The van der Waals surface area contributed by atoms with Crippen LogP contribution in [0.4, 0.5) is 0 Å². The molecule has 1 aromatic carbocycles. The Balaban J connectivity index is 0.000000704. The molecular weight excluding hydrogens is 244 g/mol. The molecule has 2 heterocycles. The molecule has 0 bridgehead atoms. The van der Waals surface area contributed by atoms with E-state index < -0.39 is 0 Å². The summed E-state index contributed by atoms with van der Waals surface area (Å²) in [7, 11) is 0. The second-order valence-electron chi connectivity index (χ2n) is 4.63. The molecule has 0 fully saturated rings. The zero-order valence-electron chi connectivity index (χ0n) is 12.8. The molecule has 1 aliphatic heterocycles. The number of benzene rings is 1. The van der Waals surface area contributed by atoms with E-state index in [1.807, 2.05) is 13.8 Å². The highest BCUT2D eigenvalue weighted by Crippen LogP contribution is 2.22. The van der Waals surface area contributed by atoms with E-state index in [1.165, 1.54) is 16.5 Å². The molecule has 0 radical (unpaired) electrons. The van der Waals surface area contributed by atoms with Crippen LogP contribution in [0, 0.1) is 6.92 Å². The Morgan fingerprint density at radius 1 is 1.15 bits per heavy atom. The molecule has 104 valence electrons. The maximum absolute atomic E-state index is 4.69. The average Bonchev–Trinajstić information content (AvgIpc) is 2.98. The lowest BCUT2D eigenvalue weighted by Gasteiger charge is -2.06. The minimum Gasteiger partial charge on any atom is -0.256 e. The van der Waals surface area contributed by atoms with E-state index in [-0.39, 0.29) is 0 Å². The largest absolute Gasteiger partial charge is 0.256 e. The van der Waals surface area contributed by atoms with E-state index in [0.717, 1.165) is 29.9 Å². The van der Waals surface area contributed by atoms with Gasteiger partial charge in [-0.1, -0.05) is 51.1 Å². The standard InChI is InChI=1S/C16H16N2.C2H6/c1-3-13-8-9-15(18-13)16-10-12-6-4-5-7-14(12)11(2)17-16;1-2/h4-8,10H,3,9H2,1-2H3;1-2H3. The molecule has 2 heteroatoms. The minimum absolute atomic E-state index is 0.911. The molecule has 0 saturated carbocycles. The van der Waals surface area contributed by atoms with Crippen molar-refractivity contribution in [2.24, 2.45) is 4.99 Å². The van der Waals surface area contributed by atoms with Crippen molar-refractivity contribution in [3.63, 3.8) is 0 Å². The molecule has 1 aliphatic rings. The predicted molar refractivity (Wildman–Crippen MR) is 87.4 cm³/mol. The van der Waals surface area contributed by atoms with Crippen LogP contribution in [-0.4, -0.2) is 10.7 Å². The number of aromatic nitrogens is 1. The third kappa shape index (κ3) is 2.79. The first kappa shape index (κ1) is 14.4. The maximum atomic E-state index is 4.69. The molecule has 0 N–H and O–H groups in total. The number of nitrogens with zero attached hydrogens (tertiary/aromatic N) is 2. The van der Waals surface area contributed by atoms with Crippen LogP contribution in [0.1, 0.15) is 45.0 Å². The molecule has 0 unspecified atom stereocenters. The van der Waals surface area contributed by atoms with Gasteiger partial charge < -0.3 is 0 Å². The van der Waals surface area contributed by atoms with Gasteiger partial charge in [0.1, 0.15) is 0 Å². The van der Waals surface area contributed by atoms with E-state index in [1.54, 1.807) is 0 Å². The molecule has 2 aromatic rings. The summed E-state index contributed by atoms with van der Waals surface area (Å²) in [6, 6.07) is 10.5. The van der Waals surface area contributed by atoms with Crippen LogP contribution in [0.5, 0.6) is 0 Å². The van der Waals surface area contributed by atoms with Crippen LogP contribution >= 0.6 is 0 Å². The lowest BCUT2D eigenvalue weighted by molar-refractivity contribution is 1.08. The van der Waals surface area contributed by atoms with E-state index in [0.29, 0.717) is 0 Å². The molecule has 1 aromatic heterocycles. The zero-order chi connectivity index (χ0) is 14.5. The van der Waals surface area contributed by atoms with Gasteiger partial charge in [-0.3, -0.25) is 9.98 Å². The SMILES string of the molecule is CC.CCC1=CCC(c2cc3ccccc3c(C)n2)=N1. The van der Waals surface area contributed by atoms with E-state index in [9.17, 15) is 0 Å². The normalized spacial score (nSPS) is 13.6. The van der Waals surface area contributed by atoms with Crippen LogP contribution in [0.25, 0.3) is 10.8 Å². The maximum Gasteiger partial charge on any atom is 0.0857 e. The van der Waals surface area contributed by atoms with Gasteiger partial charge in [-0.2, -0.15) is 0 Å². The number of hydrogen-bond donors (Lipinski definition) is 0. The summed E-state index contributed by atoms with van der Waals surface area (Å²) in [6.45, 7) is 8.20. The van der Waals surface area contributed by atoms with Crippen LogP contribution in [0.3, 0.4) is 0 Å². The summed E-state index contributed by atoms with van der Waals surface area (Å²) < 4.78 is 0. The fourth-order valence-corrected chi connectivity index (χ4v) is 2.39. The Morgan fingerprint density at radius 2 is 1.90 bits per heavy atom. The van der Waals surface area contributed by atoms with Crippen LogP contribution in [0.15, 0.2) is 47.1 Å². The number of rotatable bonds is 2. The van der Waals surface area contributed by atoms with Gasteiger partial charge in [0.25, 0.3) is 0 Å². The monoisotopic (exact) mass is 266 g/mol. The van der Waals surface area contributed by atoms with Crippen LogP contribution < -0.4 is 0 Å². The quantitative estimate of drug-likeness (QED) is 0.746. The van der Waals surface area contributed by atoms with Gasteiger partial charge in [0.15, 0.2) is 0 Å². The third-order valence-electron chi connectivity index (χ3n) is 3.40. The molecule has 20 heavy (non-hydrogen) atoms. The van der Waals surface area contributed by atoms with E-state index >= 15 is 0 Å². The Labute approximate surface area is 121 Å². The van der Waals surface area contributed by atoms with Crippen molar-refractivity contribution in [3.05, 3.63) is 53.5 Å². The summed E-state index contributed by atoms with van der Waals surface area (Å²) in [5.41, 5.74) is 4.37. The number of aryl methyl sites for hydroxylation is 1. The average molecular weight is 266 g/mol. The first-order chi connectivity index (χ1) is 9.78. The summed E-state index contributed by atoms with van der Waals surface area (Å²) >= 11 is 0. The summed E-state index contributed by atoms with van der Waals surface area (Å²) in [4.78, 5) is 9.33. The molecule has 0 atom stereocenters. The number of aliphatic imine (C=N–C) groups is 1. The van der Waals surface area contributed by atoms with Crippen molar-refractivity contribution in [1.82, 2.24) is 4.98 Å². The van der Waals surface area contributed by atoms with E-state index in [4.69, 9.17) is 0 Å². The molecule has 2 nitrogen and oxygen atoms in total. The summed E-state index contributed by atoms with van der Waals surface area (Å²) in [5, 5.41) is 2.47.